The fourth-order valence-electron chi connectivity index (χ4n) is 2.53. The van der Waals surface area contributed by atoms with Gasteiger partial charge in [0.15, 0.2) is 0 Å². The Balaban J connectivity index is 1.72. The Hall–Kier alpha value is -0.770. The SMILES string of the molecule is CC(Cl)c1nc2c(Cl)cccc2n1CCCOCC1CC1. The Labute approximate surface area is 135 Å². The summed E-state index contributed by atoms with van der Waals surface area (Å²) in [6, 6.07) is 5.86. The van der Waals surface area contributed by atoms with Crippen LogP contribution in [0.5, 0.6) is 0 Å². The van der Waals surface area contributed by atoms with Crippen molar-refractivity contribution in [1.82, 2.24) is 9.55 Å². The van der Waals surface area contributed by atoms with Crippen molar-refractivity contribution in [2.24, 2.45) is 5.92 Å². The summed E-state index contributed by atoms with van der Waals surface area (Å²) in [6.45, 7) is 4.49. The second-order valence-corrected chi connectivity index (χ2v) is 6.78. The average molecular weight is 327 g/mol. The summed E-state index contributed by atoms with van der Waals surface area (Å²) >= 11 is 12.5. The van der Waals surface area contributed by atoms with Gasteiger partial charge >= 0.3 is 0 Å². The molecule has 1 aromatic carbocycles. The zero-order valence-corrected chi connectivity index (χ0v) is 13.7. The van der Waals surface area contributed by atoms with E-state index in [2.05, 4.69) is 9.55 Å². The number of nitrogens with zero attached hydrogens (tertiary/aromatic N) is 2. The highest BCUT2D eigenvalue weighted by Gasteiger charge is 2.21. The van der Waals surface area contributed by atoms with Gasteiger partial charge in [0, 0.05) is 19.8 Å². The average Bonchev–Trinajstić information content (AvgIpc) is 3.19. The van der Waals surface area contributed by atoms with E-state index in [1.54, 1.807) is 0 Å². The number of aryl methyl sites for hydroxylation is 1. The van der Waals surface area contributed by atoms with E-state index in [0.29, 0.717) is 5.02 Å². The highest BCUT2D eigenvalue weighted by atomic mass is 35.5. The zero-order valence-electron chi connectivity index (χ0n) is 12.2. The number of aromatic nitrogens is 2. The normalized spacial score (nSPS) is 16.5. The molecule has 2 aromatic rings. The Morgan fingerprint density at radius 2 is 2.24 bits per heavy atom. The number of imidazole rings is 1. The lowest BCUT2D eigenvalue weighted by Crippen LogP contribution is -2.08. The molecule has 0 aliphatic heterocycles. The summed E-state index contributed by atoms with van der Waals surface area (Å²) in [5, 5.41) is 0.538. The van der Waals surface area contributed by atoms with Crippen LogP contribution in [0.15, 0.2) is 18.2 Å². The van der Waals surface area contributed by atoms with Gasteiger partial charge < -0.3 is 9.30 Å². The van der Waals surface area contributed by atoms with Gasteiger partial charge in [-0.2, -0.15) is 0 Å². The molecule has 1 aliphatic carbocycles. The van der Waals surface area contributed by atoms with E-state index in [4.69, 9.17) is 27.9 Å². The van der Waals surface area contributed by atoms with Gasteiger partial charge in [-0.15, -0.1) is 11.6 Å². The van der Waals surface area contributed by atoms with Gasteiger partial charge in [-0.05, 0) is 44.2 Å². The van der Waals surface area contributed by atoms with E-state index in [-0.39, 0.29) is 5.38 Å². The number of hydrogen-bond acceptors (Lipinski definition) is 2. The molecule has 1 aliphatic rings. The Kier molecular flexibility index (Phi) is 4.72. The van der Waals surface area contributed by atoms with Gasteiger partial charge in [0.25, 0.3) is 0 Å². The summed E-state index contributed by atoms with van der Waals surface area (Å²) in [5.41, 5.74) is 1.88. The van der Waals surface area contributed by atoms with Gasteiger partial charge in [-0.3, -0.25) is 0 Å². The molecule has 1 saturated carbocycles. The predicted molar refractivity (Wildman–Crippen MR) is 87.2 cm³/mol. The van der Waals surface area contributed by atoms with Crippen LogP contribution in [0.4, 0.5) is 0 Å². The molecule has 0 amide bonds. The smallest absolute Gasteiger partial charge is 0.127 e. The number of ether oxygens (including phenoxy) is 1. The topological polar surface area (TPSA) is 27.1 Å². The number of para-hydroxylation sites is 1. The van der Waals surface area contributed by atoms with Crippen molar-refractivity contribution in [1.29, 1.82) is 0 Å². The molecule has 114 valence electrons. The second-order valence-electron chi connectivity index (χ2n) is 5.72. The molecule has 1 fully saturated rings. The first-order valence-electron chi connectivity index (χ1n) is 7.53. The fourth-order valence-corrected chi connectivity index (χ4v) is 2.91. The van der Waals surface area contributed by atoms with Crippen molar-refractivity contribution < 1.29 is 4.74 Å². The molecule has 5 heteroatoms. The number of rotatable bonds is 7. The molecule has 0 bridgehead atoms. The molecule has 1 atom stereocenters. The van der Waals surface area contributed by atoms with Crippen LogP contribution in [0.25, 0.3) is 11.0 Å². The molecule has 0 N–H and O–H groups in total. The number of alkyl halides is 1. The predicted octanol–water partition coefficient (Wildman–Crippen LogP) is 4.81. The summed E-state index contributed by atoms with van der Waals surface area (Å²) in [5.74, 6) is 1.69. The standard InChI is InChI=1S/C16H20Cl2N2O/c1-11(17)16-19-15-13(18)4-2-5-14(15)20(16)8-3-9-21-10-12-6-7-12/h2,4-5,11-12H,3,6-10H2,1H3. The maximum Gasteiger partial charge on any atom is 0.127 e. The maximum atomic E-state index is 6.26. The Morgan fingerprint density at radius 1 is 1.43 bits per heavy atom. The fraction of sp³-hybridized carbons (Fsp3) is 0.562. The van der Waals surface area contributed by atoms with Crippen LogP contribution < -0.4 is 0 Å². The molecule has 0 radical (unpaired) electrons. The van der Waals surface area contributed by atoms with Crippen molar-refractivity contribution in [3.8, 4) is 0 Å². The summed E-state index contributed by atoms with van der Waals surface area (Å²) < 4.78 is 7.87. The number of fused-ring (bicyclic) bond motifs is 1. The van der Waals surface area contributed by atoms with E-state index in [9.17, 15) is 0 Å². The van der Waals surface area contributed by atoms with Crippen molar-refractivity contribution in [3.05, 3.63) is 29.0 Å². The van der Waals surface area contributed by atoms with Gasteiger partial charge in [-0.25, -0.2) is 4.98 Å². The molecule has 3 rings (SSSR count). The molecule has 0 spiro atoms. The number of benzene rings is 1. The van der Waals surface area contributed by atoms with Crippen LogP contribution in [0.2, 0.25) is 5.02 Å². The third kappa shape index (κ3) is 3.53. The van der Waals surface area contributed by atoms with Crippen LogP contribution in [0.1, 0.15) is 37.4 Å². The van der Waals surface area contributed by atoms with Crippen LogP contribution in [0.3, 0.4) is 0 Å². The van der Waals surface area contributed by atoms with E-state index >= 15 is 0 Å². The highest BCUT2D eigenvalue weighted by molar-refractivity contribution is 6.35. The summed E-state index contributed by atoms with van der Waals surface area (Å²) in [6.07, 6.45) is 3.62. The monoisotopic (exact) mass is 326 g/mol. The number of hydrogen-bond donors (Lipinski definition) is 0. The molecule has 1 aromatic heterocycles. The second kappa shape index (κ2) is 6.55. The van der Waals surface area contributed by atoms with E-state index < -0.39 is 0 Å². The molecular weight excluding hydrogens is 307 g/mol. The molecule has 1 heterocycles. The van der Waals surface area contributed by atoms with Crippen LogP contribution in [-0.2, 0) is 11.3 Å². The summed E-state index contributed by atoms with van der Waals surface area (Å²) in [7, 11) is 0. The first-order valence-corrected chi connectivity index (χ1v) is 8.34. The van der Waals surface area contributed by atoms with Gasteiger partial charge in [0.1, 0.15) is 11.3 Å². The Bertz CT molecular complexity index is 620. The molecule has 0 saturated heterocycles. The lowest BCUT2D eigenvalue weighted by Gasteiger charge is -2.10. The third-order valence-electron chi connectivity index (χ3n) is 3.84. The Morgan fingerprint density at radius 3 is 2.95 bits per heavy atom. The quantitative estimate of drug-likeness (QED) is 0.539. The molecule has 3 nitrogen and oxygen atoms in total. The van der Waals surface area contributed by atoms with Crippen molar-refractivity contribution in [3.63, 3.8) is 0 Å². The highest BCUT2D eigenvalue weighted by Crippen LogP contribution is 2.30. The van der Waals surface area contributed by atoms with Crippen LogP contribution in [0, 0.1) is 5.92 Å². The van der Waals surface area contributed by atoms with E-state index in [0.717, 1.165) is 49.0 Å². The minimum absolute atomic E-state index is 0.138. The summed E-state index contributed by atoms with van der Waals surface area (Å²) in [4.78, 5) is 4.61. The molecule has 1 unspecified atom stereocenters. The lowest BCUT2D eigenvalue weighted by molar-refractivity contribution is 0.119. The van der Waals surface area contributed by atoms with Crippen molar-refractivity contribution in [2.75, 3.05) is 13.2 Å². The van der Waals surface area contributed by atoms with Gasteiger partial charge in [-0.1, -0.05) is 17.7 Å². The maximum absolute atomic E-state index is 6.26. The largest absolute Gasteiger partial charge is 0.381 e. The minimum Gasteiger partial charge on any atom is -0.381 e. The van der Waals surface area contributed by atoms with Crippen LogP contribution >= 0.6 is 23.2 Å². The van der Waals surface area contributed by atoms with E-state index in [1.165, 1.54) is 12.8 Å². The van der Waals surface area contributed by atoms with Crippen molar-refractivity contribution >= 4 is 34.2 Å². The van der Waals surface area contributed by atoms with Gasteiger partial charge in [0.05, 0.1) is 15.9 Å². The zero-order chi connectivity index (χ0) is 14.8. The molecule has 21 heavy (non-hydrogen) atoms. The minimum atomic E-state index is -0.138. The third-order valence-corrected chi connectivity index (χ3v) is 4.34. The van der Waals surface area contributed by atoms with Crippen LogP contribution in [-0.4, -0.2) is 22.8 Å². The first kappa shape index (κ1) is 15.1. The first-order chi connectivity index (χ1) is 10.2. The molecular formula is C16H20Cl2N2O. The van der Waals surface area contributed by atoms with E-state index in [1.807, 2.05) is 25.1 Å². The van der Waals surface area contributed by atoms with Gasteiger partial charge in [0.2, 0.25) is 0 Å². The van der Waals surface area contributed by atoms with Crippen molar-refractivity contribution in [2.45, 2.75) is 38.1 Å². The lowest BCUT2D eigenvalue weighted by atomic mass is 10.3. The number of halogens is 2.